The van der Waals surface area contributed by atoms with E-state index in [1.807, 2.05) is 25.1 Å². The normalized spacial score (nSPS) is 9.92. The Bertz CT molecular complexity index is 495. The number of thiophene rings is 1. The van der Waals surface area contributed by atoms with Crippen LogP contribution in [-0.2, 0) is 4.79 Å². The van der Waals surface area contributed by atoms with Crippen molar-refractivity contribution in [1.82, 2.24) is 0 Å². The summed E-state index contributed by atoms with van der Waals surface area (Å²) in [5.74, 6) is 0. The van der Waals surface area contributed by atoms with Gasteiger partial charge in [0.1, 0.15) is 5.00 Å². The highest BCUT2D eigenvalue weighted by atomic mass is 32.1. The van der Waals surface area contributed by atoms with Crippen LogP contribution < -0.4 is 0 Å². The second-order valence-electron chi connectivity index (χ2n) is 2.83. The van der Waals surface area contributed by atoms with Gasteiger partial charge < -0.3 is 0 Å². The van der Waals surface area contributed by atoms with Gasteiger partial charge in [-0.15, -0.1) is 11.3 Å². The van der Waals surface area contributed by atoms with E-state index in [0.29, 0.717) is 0 Å². The molecule has 0 unspecified atom stereocenters. The van der Waals surface area contributed by atoms with E-state index in [4.69, 9.17) is 0 Å². The molecule has 0 bridgehead atoms. The van der Waals surface area contributed by atoms with Crippen molar-refractivity contribution in [2.45, 2.75) is 6.92 Å². The minimum Gasteiger partial charge on any atom is -0.211 e. The fourth-order valence-corrected chi connectivity index (χ4v) is 2.11. The Morgan fingerprint density at radius 3 is 3.00 bits per heavy atom. The van der Waals surface area contributed by atoms with E-state index in [1.165, 1.54) is 16.9 Å². The lowest BCUT2D eigenvalue weighted by Crippen LogP contribution is -1.67. The molecule has 0 atom stereocenters. The van der Waals surface area contributed by atoms with Crippen molar-refractivity contribution in [3.63, 3.8) is 0 Å². The summed E-state index contributed by atoms with van der Waals surface area (Å²) in [7, 11) is 0. The van der Waals surface area contributed by atoms with Crippen LogP contribution in [0.2, 0.25) is 0 Å². The zero-order chi connectivity index (χ0) is 9.26. The number of carbonyl (C=O) groups excluding carboxylic acids is 1. The maximum atomic E-state index is 10.0. The smallest absolute Gasteiger partial charge is 0.211 e. The number of rotatable bonds is 1. The summed E-state index contributed by atoms with van der Waals surface area (Å²) in [5, 5.41) is 1.86. The number of aliphatic imine (C=N–C) groups is 1. The quantitative estimate of drug-likeness (QED) is 0.500. The second-order valence-corrected chi connectivity index (χ2v) is 3.89. The molecule has 13 heavy (non-hydrogen) atoms. The number of hydrogen-bond acceptors (Lipinski definition) is 3. The van der Waals surface area contributed by atoms with E-state index < -0.39 is 0 Å². The van der Waals surface area contributed by atoms with Crippen LogP contribution in [0.25, 0.3) is 10.1 Å². The van der Waals surface area contributed by atoms with Gasteiger partial charge in [-0.25, -0.2) is 4.79 Å². The van der Waals surface area contributed by atoms with Crippen LogP contribution >= 0.6 is 11.3 Å². The zero-order valence-electron chi connectivity index (χ0n) is 7.07. The number of nitrogens with zero attached hydrogens (tertiary/aromatic N) is 1. The van der Waals surface area contributed by atoms with Crippen LogP contribution in [0.3, 0.4) is 0 Å². The minimum atomic E-state index is 0.718. The molecule has 0 amide bonds. The second kappa shape index (κ2) is 3.13. The van der Waals surface area contributed by atoms with Crippen LogP contribution in [0.5, 0.6) is 0 Å². The van der Waals surface area contributed by atoms with Crippen molar-refractivity contribution < 1.29 is 4.79 Å². The maximum Gasteiger partial charge on any atom is 0.241 e. The molecule has 0 aliphatic rings. The van der Waals surface area contributed by atoms with Crippen molar-refractivity contribution >= 4 is 32.5 Å². The highest BCUT2D eigenvalue weighted by molar-refractivity contribution is 7.22. The Balaban J connectivity index is 2.68. The van der Waals surface area contributed by atoms with Gasteiger partial charge in [0.2, 0.25) is 6.08 Å². The van der Waals surface area contributed by atoms with E-state index >= 15 is 0 Å². The maximum absolute atomic E-state index is 10.0. The molecule has 3 heteroatoms. The summed E-state index contributed by atoms with van der Waals surface area (Å²) < 4.78 is 1.15. The summed E-state index contributed by atoms with van der Waals surface area (Å²) in [4.78, 5) is 13.6. The van der Waals surface area contributed by atoms with Gasteiger partial charge in [0, 0.05) is 4.70 Å². The van der Waals surface area contributed by atoms with Gasteiger partial charge >= 0.3 is 0 Å². The van der Waals surface area contributed by atoms with Crippen molar-refractivity contribution in [2.75, 3.05) is 0 Å². The number of isocyanates is 1. The average Bonchev–Trinajstić information content (AvgIpc) is 2.46. The summed E-state index contributed by atoms with van der Waals surface area (Å²) in [6.45, 7) is 2.04. The molecule has 0 radical (unpaired) electrons. The van der Waals surface area contributed by atoms with Crippen LogP contribution in [0.4, 0.5) is 5.00 Å². The molecule has 1 aromatic carbocycles. The summed E-state index contributed by atoms with van der Waals surface area (Å²) in [6, 6.07) is 8.07. The monoisotopic (exact) mass is 189 g/mol. The van der Waals surface area contributed by atoms with Gasteiger partial charge in [-0.05, 0) is 24.4 Å². The Morgan fingerprint density at radius 2 is 2.23 bits per heavy atom. The number of aryl methyl sites for hydroxylation is 1. The molecule has 0 N–H and O–H groups in total. The highest BCUT2D eigenvalue weighted by Gasteiger charge is 1.99. The van der Waals surface area contributed by atoms with Crippen LogP contribution in [0, 0.1) is 6.92 Å². The molecular weight excluding hydrogens is 182 g/mol. The third kappa shape index (κ3) is 1.52. The Hall–Kier alpha value is -1.44. The number of benzene rings is 1. The minimum absolute atomic E-state index is 0.718. The standard InChI is InChI=1S/C10H7NOS/c1-7-2-3-9-8(4-7)5-10(13-9)11-6-12/h2-5H,1H3. The first kappa shape index (κ1) is 8.17. The van der Waals surface area contributed by atoms with Gasteiger partial charge in [-0.3, -0.25) is 0 Å². The molecular formula is C10H7NOS. The first-order valence-corrected chi connectivity index (χ1v) is 4.69. The van der Waals surface area contributed by atoms with Gasteiger partial charge in [-0.1, -0.05) is 17.7 Å². The molecule has 0 saturated heterocycles. The molecule has 0 aliphatic carbocycles. The number of fused-ring (bicyclic) bond motifs is 1. The van der Waals surface area contributed by atoms with Crippen molar-refractivity contribution in [1.29, 1.82) is 0 Å². The Labute approximate surface area is 79.5 Å². The third-order valence-electron chi connectivity index (χ3n) is 1.81. The van der Waals surface area contributed by atoms with Gasteiger partial charge in [0.05, 0.1) is 0 Å². The van der Waals surface area contributed by atoms with Crippen molar-refractivity contribution in [3.8, 4) is 0 Å². The fourth-order valence-electron chi connectivity index (χ4n) is 1.25. The predicted molar refractivity (Wildman–Crippen MR) is 54.3 cm³/mol. The fraction of sp³-hybridized carbons (Fsp3) is 0.100. The molecule has 2 aromatic rings. The van der Waals surface area contributed by atoms with E-state index in [2.05, 4.69) is 11.1 Å². The molecule has 2 nitrogen and oxygen atoms in total. The largest absolute Gasteiger partial charge is 0.241 e. The van der Waals surface area contributed by atoms with Gasteiger partial charge in [0.15, 0.2) is 0 Å². The molecule has 64 valence electrons. The SMILES string of the molecule is Cc1ccc2sc(N=C=O)cc2c1. The van der Waals surface area contributed by atoms with Crippen LogP contribution in [0.15, 0.2) is 29.3 Å². The lowest BCUT2D eigenvalue weighted by molar-refractivity contribution is 0.565. The van der Waals surface area contributed by atoms with Crippen molar-refractivity contribution in [3.05, 3.63) is 29.8 Å². The molecule has 0 aliphatic heterocycles. The molecule has 0 spiro atoms. The van der Waals surface area contributed by atoms with Gasteiger partial charge in [-0.2, -0.15) is 4.99 Å². The lowest BCUT2D eigenvalue weighted by atomic mass is 10.2. The van der Waals surface area contributed by atoms with Crippen LogP contribution in [-0.4, -0.2) is 6.08 Å². The summed E-state index contributed by atoms with van der Waals surface area (Å²) in [5.41, 5.74) is 1.21. The predicted octanol–water partition coefficient (Wildman–Crippen LogP) is 3.18. The summed E-state index contributed by atoms with van der Waals surface area (Å²) in [6.07, 6.45) is 1.54. The Morgan fingerprint density at radius 1 is 1.38 bits per heavy atom. The molecule has 0 saturated carbocycles. The van der Waals surface area contributed by atoms with Crippen LogP contribution in [0.1, 0.15) is 5.56 Å². The first-order valence-electron chi connectivity index (χ1n) is 3.87. The van der Waals surface area contributed by atoms with E-state index in [9.17, 15) is 4.79 Å². The molecule has 2 rings (SSSR count). The first-order chi connectivity index (χ1) is 6.29. The van der Waals surface area contributed by atoms with Gasteiger partial charge in [0.25, 0.3) is 0 Å². The molecule has 1 heterocycles. The number of hydrogen-bond donors (Lipinski definition) is 0. The zero-order valence-corrected chi connectivity index (χ0v) is 7.89. The summed E-state index contributed by atoms with van der Waals surface area (Å²) >= 11 is 1.50. The van der Waals surface area contributed by atoms with E-state index in [-0.39, 0.29) is 0 Å². The highest BCUT2D eigenvalue weighted by Crippen LogP contribution is 2.31. The topological polar surface area (TPSA) is 29.4 Å². The Kier molecular flexibility index (Phi) is 1.97. The molecule has 1 aromatic heterocycles. The van der Waals surface area contributed by atoms with E-state index in [1.54, 1.807) is 6.08 Å². The van der Waals surface area contributed by atoms with E-state index in [0.717, 1.165) is 15.1 Å². The van der Waals surface area contributed by atoms with Crippen molar-refractivity contribution in [2.24, 2.45) is 4.99 Å². The average molecular weight is 189 g/mol. The molecule has 0 fully saturated rings. The lowest BCUT2D eigenvalue weighted by Gasteiger charge is -1.89. The third-order valence-corrected chi connectivity index (χ3v) is 2.82.